The fourth-order valence-electron chi connectivity index (χ4n) is 3.52. The standard InChI is InChI=1S/C20H16N6O/c21-8-12-6-13-2-1-3-17(19(13)23-9-12)24-14-4-5-16-15(7-14)20(26-25-16)18-10-22-11-27-18/h4-7,9-11,17,24H,1-3H2,(H,25,26)/i17D. The van der Waals surface area contributed by atoms with Gasteiger partial charge in [0.25, 0.3) is 0 Å². The lowest BCUT2D eigenvalue weighted by Gasteiger charge is -2.26. The van der Waals surface area contributed by atoms with Crippen LogP contribution in [0.4, 0.5) is 5.69 Å². The molecule has 1 atom stereocenters. The first-order valence-corrected chi connectivity index (χ1v) is 8.71. The Balaban J connectivity index is 1.54. The first-order valence-electron chi connectivity index (χ1n) is 9.21. The summed E-state index contributed by atoms with van der Waals surface area (Å²) in [6.07, 6.45) is 6.86. The number of hydrogen-bond donors (Lipinski definition) is 2. The molecule has 1 aliphatic rings. The van der Waals surface area contributed by atoms with Crippen molar-refractivity contribution in [2.45, 2.75) is 25.3 Å². The van der Waals surface area contributed by atoms with Gasteiger partial charge in [0.15, 0.2) is 12.2 Å². The lowest BCUT2D eigenvalue weighted by molar-refractivity contribution is 0.570. The van der Waals surface area contributed by atoms with Crippen molar-refractivity contribution in [3.63, 3.8) is 0 Å². The Kier molecular flexibility index (Phi) is 3.36. The second kappa shape index (κ2) is 6.25. The molecule has 5 rings (SSSR count). The first-order chi connectivity index (χ1) is 13.7. The Morgan fingerprint density at radius 3 is 3.15 bits per heavy atom. The molecule has 0 bridgehead atoms. The Bertz CT molecular complexity index is 1210. The average molecular weight is 357 g/mol. The molecule has 0 radical (unpaired) electrons. The van der Waals surface area contributed by atoms with Gasteiger partial charge >= 0.3 is 0 Å². The van der Waals surface area contributed by atoms with E-state index in [1.54, 1.807) is 6.20 Å². The third kappa shape index (κ3) is 2.72. The summed E-state index contributed by atoms with van der Waals surface area (Å²) in [6, 6.07) is 8.70. The average Bonchev–Trinajstić information content (AvgIpc) is 3.37. The molecule has 1 aromatic carbocycles. The predicted octanol–water partition coefficient (Wildman–Crippen LogP) is 3.97. The molecule has 7 nitrogen and oxygen atoms in total. The van der Waals surface area contributed by atoms with E-state index in [2.05, 4.69) is 31.6 Å². The van der Waals surface area contributed by atoms with Crippen molar-refractivity contribution in [1.29, 1.82) is 5.26 Å². The highest BCUT2D eigenvalue weighted by Gasteiger charge is 2.22. The molecular weight excluding hydrogens is 340 g/mol. The highest BCUT2D eigenvalue weighted by Crippen LogP contribution is 2.33. The van der Waals surface area contributed by atoms with Gasteiger partial charge in [-0.3, -0.25) is 10.1 Å². The van der Waals surface area contributed by atoms with Gasteiger partial charge in [-0.25, -0.2) is 4.98 Å². The van der Waals surface area contributed by atoms with Crippen LogP contribution in [0.2, 0.25) is 0 Å². The second-order valence-electron chi connectivity index (χ2n) is 6.50. The Morgan fingerprint density at radius 2 is 2.30 bits per heavy atom. The van der Waals surface area contributed by atoms with Gasteiger partial charge in [-0.05, 0) is 49.1 Å². The molecule has 3 aromatic heterocycles. The molecule has 4 aromatic rings. The number of aromatic nitrogens is 4. The van der Waals surface area contributed by atoms with E-state index in [4.69, 9.17) is 11.0 Å². The first kappa shape index (κ1) is 14.5. The topological polar surface area (TPSA) is 103 Å². The van der Waals surface area contributed by atoms with E-state index in [0.29, 0.717) is 29.1 Å². The highest BCUT2D eigenvalue weighted by molar-refractivity contribution is 5.93. The summed E-state index contributed by atoms with van der Waals surface area (Å²) >= 11 is 0. The Labute approximate surface area is 156 Å². The van der Waals surface area contributed by atoms with Crippen molar-refractivity contribution in [1.82, 2.24) is 20.2 Å². The number of anilines is 1. The number of aromatic amines is 1. The molecule has 1 unspecified atom stereocenters. The zero-order chi connectivity index (χ0) is 19.1. The molecule has 3 heterocycles. The quantitative estimate of drug-likeness (QED) is 0.575. The summed E-state index contributed by atoms with van der Waals surface area (Å²) < 4.78 is 14.4. The van der Waals surface area contributed by atoms with Gasteiger partial charge in [0.2, 0.25) is 0 Å². The van der Waals surface area contributed by atoms with Crippen LogP contribution in [0.25, 0.3) is 22.4 Å². The predicted molar refractivity (Wildman–Crippen MR) is 99.8 cm³/mol. The van der Waals surface area contributed by atoms with E-state index in [1.165, 1.54) is 12.6 Å². The van der Waals surface area contributed by atoms with Gasteiger partial charge in [0.1, 0.15) is 11.8 Å². The van der Waals surface area contributed by atoms with E-state index < -0.39 is 6.02 Å². The monoisotopic (exact) mass is 357 g/mol. The van der Waals surface area contributed by atoms with Crippen molar-refractivity contribution in [3.8, 4) is 17.5 Å². The highest BCUT2D eigenvalue weighted by atomic mass is 16.3. The molecule has 0 aliphatic heterocycles. The fraction of sp³-hybridized carbons (Fsp3) is 0.200. The zero-order valence-corrected chi connectivity index (χ0v) is 14.4. The van der Waals surface area contributed by atoms with Gasteiger partial charge < -0.3 is 9.73 Å². The van der Waals surface area contributed by atoms with Gasteiger partial charge in [-0.15, -0.1) is 0 Å². The summed E-state index contributed by atoms with van der Waals surface area (Å²) in [5, 5.41) is 20.6. The van der Waals surface area contributed by atoms with E-state index in [0.717, 1.165) is 35.0 Å². The van der Waals surface area contributed by atoms with Crippen LogP contribution in [0.3, 0.4) is 0 Å². The number of hydrogen-bond acceptors (Lipinski definition) is 6. The SMILES string of the molecule is [2H]C1(Nc2ccc3[nH]nc(-c4cnco4)c3c2)CCCc2cc(C#N)cnc21. The number of fused-ring (bicyclic) bond motifs is 2. The molecule has 2 N–H and O–H groups in total. The van der Waals surface area contributed by atoms with Crippen LogP contribution >= 0.6 is 0 Å². The van der Waals surface area contributed by atoms with Crippen molar-refractivity contribution < 1.29 is 5.79 Å². The number of nitriles is 1. The molecule has 7 heteroatoms. The van der Waals surface area contributed by atoms with E-state index >= 15 is 0 Å². The molecule has 0 fully saturated rings. The minimum atomic E-state index is -1.05. The number of rotatable bonds is 3. The largest absolute Gasteiger partial charge is 0.442 e. The van der Waals surface area contributed by atoms with Crippen LogP contribution in [0.1, 0.15) is 37.1 Å². The number of benzene rings is 1. The van der Waals surface area contributed by atoms with Crippen LogP contribution in [0.15, 0.2) is 47.5 Å². The van der Waals surface area contributed by atoms with Gasteiger partial charge in [-0.1, -0.05) is 0 Å². The molecule has 0 amide bonds. The van der Waals surface area contributed by atoms with Gasteiger partial charge in [-0.2, -0.15) is 10.4 Å². The summed E-state index contributed by atoms with van der Waals surface area (Å²) in [5.74, 6) is 0.581. The summed E-state index contributed by atoms with van der Waals surface area (Å²) in [4.78, 5) is 8.39. The zero-order valence-electron chi connectivity index (χ0n) is 15.4. The normalized spacial score (nSPS) is 19.3. The number of oxazole rings is 1. The molecule has 0 spiro atoms. The summed E-state index contributed by atoms with van der Waals surface area (Å²) in [6.45, 7) is 0. The molecule has 0 saturated heterocycles. The summed E-state index contributed by atoms with van der Waals surface area (Å²) in [5.41, 5.74) is 4.51. The van der Waals surface area contributed by atoms with Crippen molar-refractivity contribution in [2.24, 2.45) is 0 Å². The van der Waals surface area contributed by atoms with Crippen molar-refractivity contribution in [3.05, 3.63) is 59.9 Å². The van der Waals surface area contributed by atoms with E-state index in [1.807, 2.05) is 24.3 Å². The number of nitrogens with zero attached hydrogens (tertiary/aromatic N) is 4. The third-order valence-electron chi connectivity index (χ3n) is 4.78. The maximum atomic E-state index is 9.12. The number of H-pyrrole nitrogens is 1. The van der Waals surface area contributed by atoms with Crippen LogP contribution < -0.4 is 5.32 Å². The van der Waals surface area contributed by atoms with E-state index in [9.17, 15) is 0 Å². The molecule has 132 valence electrons. The molecule has 27 heavy (non-hydrogen) atoms. The lowest BCUT2D eigenvalue weighted by Crippen LogP contribution is -2.19. The Hall–Kier alpha value is -3.66. The van der Waals surface area contributed by atoms with Crippen LogP contribution in [-0.4, -0.2) is 20.2 Å². The van der Waals surface area contributed by atoms with Crippen LogP contribution in [-0.2, 0) is 6.42 Å². The maximum absolute atomic E-state index is 9.12. The van der Waals surface area contributed by atoms with Crippen LogP contribution in [0, 0.1) is 11.3 Å². The summed E-state index contributed by atoms with van der Waals surface area (Å²) in [7, 11) is 0. The van der Waals surface area contributed by atoms with Gasteiger partial charge in [0.05, 0.1) is 30.4 Å². The van der Waals surface area contributed by atoms with Crippen molar-refractivity contribution >= 4 is 16.6 Å². The molecule has 1 aliphatic carbocycles. The number of pyridine rings is 1. The van der Waals surface area contributed by atoms with E-state index in [-0.39, 0.29) is 0 Å². The molecular formula is C20H16N6O. The molecule has 0 saturated carbocycles. The number of nitrogens with one attached hydrogen (secondary N) is 2. The minimum absolute atomic E-state index is 0.527. The second-order valence-corrected chi connectivity index (χ2v) is 6.50. The maximum Gasteiger partial charge on any atom is 0.181 e. The lowest BCUT2D eigenvalue weighted by atomic mass is 9.91. The van der Waals surface area contributed by atoms with Crippen molar-refractivity contribution in [2.75, 3.05) is 5.32 Å². The van der Waals surface area contributed by atoms with Gasteiger partial charge in [0, 0.05) is 17.3 Å². The fourth-order valence-corrected chi connectivity index (χ4v) is 3.52. The third-order valence-corrected chi connectivity index (χ3v) is 4.78. The van der Waals surface area contributed by atoms with Crippen LogP contribution in [0.5, 0.6) is 0 Å². The Morgan fingerprint density at radius 1 is 1.33 bits per heavy atom. The smallest absolute Gasteiger partial charge is 0.181 e. The minimum Gasteiger partial charge on any atom is -0.442 e. The number of aryl methyl sites for hydroxylation is 1.